The molecule has 0 saturated heterocycles. The van der Waals surface area contributed by atoms with Gasteiger partial charge in [0, 0.05) is 30.6 Å². The van der Waals surface area contributed by atoms with E-state index in [1.807, 2.05) is 67.3 Å². The number of carbonyl (C=O) groups is 1. The number of amides is 1. The molecule has 0 spiro atoms. The molecule has 3 rings (SSSR count). The van der Waals surface area contributed by atoms with Gasteiger partial charge in [0.2, 0.25) is 11.7 Å². The average Bonchev–Trinajstić information content (AvgIpc) is 3.18. The zero-order chi connectivity index (χ0) is 19.9. The van der Waals surface area contributed by atoms with E-state index in [4.69, 9.17) is 4.52 Å². The zero-order valence-corrected chi connectivity index (χ0v) is 16.8. The van der Waals surface area contributed by atoms with Gasteiger partial charge in [-0.25, -0.2) is 0 Å². The number of aryl methyl sites for hydroxylation is 2. The molecule has 0 radical (unpaired) electrons. The lowest BCUT2D eigenvalue weighted by molar-refractivity contribution is 0.0752. The standard InChI is InChI=1S/C23H27N3O2/c1-4-5-15-26(23(27)20-12-8-18(3)9-13-20)16-14-21-24-22(25-28-21)19-10-6-17(2)7-11-19/h6-13H,4-5,14-16H2,1-3H3. The van der Waals surface area contributed by atoms with Crippen LogP contribution in [0.15, 0.2) is 53.1 Å². The predicted molar refractivity (Wildman–Crippen MR) is 110 cm³/mol. The number of carbonyl (C=O) groups excluding carboxylic acids is 1. The third kappa shape index (κ3) is 5.06. The Morgan fingerprint density at radius 1 is 0.964 bits per heavy atom. The van der Waals surface area contributed by atoms with Crippen molar-refractivity contribution in [3.8, 4) is 11.4 Å². The lowest BCUT2D eigenvalue weighted by Crippen LogP contribution is -2.34. The lowest BCUT2D eigenvalue weighted by atomic mass is 10.1. The van der Waals surface area contributed by atoms with Crippen molar-refractivity contribution in [2.75, 3.05) is 13.1 Å². The van der Waals surface area contributed by atoms with Gasteiger partial charge in [-0.15, -0.1) is 0 Å². The molecule has 0 aliphatic carbocycles. The van der Waals surface area contributed by atoms with E-state index in [1.165, 1.54) is 5.56 Å². The highest BCUT2D eigenvalue weighted by molar-refractivity contribution is 5.94. The summed E-state index contributed by atoms with van der Waals surface area (Å²) in [5, 5.41) is 4.08. The molecule has 5 nitrogen and oxygen atoms in total. The Morgan fingerprint density at radius 2 is 1.61 bits per heavy atom. The molecule has 1 amide bonds. The largest absolute Gasteiger partial charge is 0.339 e. The van der Waals surface area contributed by atoms with Crippen molar-refractivity contribution in [3.05, 3.63) is 71.1 Å². The van der Waals surface area contributed by atoms with Crippen LogP contribution >= 0.6 is 0 Å². The number of benzene rings is 2. The van der Waals surface area contributed by atoms with Crippen molar-refractivity contribution < 1.29 is 9.32 Å². The average molecular weight is 377 g/mol. The molecule has 1 aromatic heterocycles. The molecule has 0 unspecified atom stereocenters. The first kappa shape index (κ1) is 19.8. The SMILES string of the molecule is CCCCN(CCc1nc(-c2ccc(C)cc2)no1)C(=O)c1ccc(C)cc1. The maximum Gasteiger partial charge on any atom is 0.253 e. The molecule has 146 valence electrons. The summed E-state index contributed by atoms with van der Waals surface area (Å²) in [4.78, 5) is 19.3. The molecule has 0 saturated carbocycles. The minimum absolute atomic E-state index is 0.0479. The van der Waals surface area contributed by atoms with E-state index in [2.05, 4.69) is 17.1 Å². The minimum atomic E-state index is 0.0479. The molecule has 0 aliphatic rings. The summed E-state index contributed by atoms with van der Waals surface area (Å²) in [5.41, 5.74) is 3.98. The summed E-state index contributed by atoms with van der Waals surface area (Å²) >= 11 is 0. The number of hydrogen-bond acceptors (Lipinski definition) is 4. The van der Waals surface area contributed by atoms with E-state index in [9.17, 15) is 4.79 Å². The summed E-state index contributed by atoms with van der Waals surface area (Å²) < 4.78 is 5.41. The highest BCUT2D eigenvalue weighted by Gasteiger charge is 2.17. The van der Waals surface area contributed by atoms with Crippen LogP contribution in [0.1, 0.15) is 47.1 Å². The van der Waals surface area contributed by atoms with E-state index >= 15 is 0 Å². The van der Waals surface area contributed by atoms with E-state index < -0.39 is 0 Å². The van der Waals surface area contributed by atoms with Crippen LogP contribution in [0.2, 0.25) is 0 Å². The van der Waals surface area contributed by atoms with Crippen LogP contribution in [0.25, 0.3) is 11.4 Å². The van der Waals surface area contributed by atoms with Crippen molar-refractivity contribution in [2.45, 2.75) is 40.0 Å². The molecule has 0 fully saturated rings. The maximum absolute atomic E-state index is 12.9. The monoisotopic (exact) mass is 377 g/mol. The van der Waals surface area contributed by atoms with Gasteiger partial charge in [0.05, 0.1) is 0 Å². The summed E-state index contributed by atoms with van der Waals surface area (Å²) in [6, 6.07) is 15.7. The second kappa shape index (κ2) is 9.31. The van der Waals surface area contributed by atoms with Gasteiger partial charge in [0.15, 0.2) is 0 Å². The molecule has 0 bridgehead atoms. The highest BCUT2D eigenvalue weighted by Crippen LogP contribution is 2.17. The Morgan fingerprint density at radius 3 is 2.25 bits per heavy atom. The first-order valence-corrected chi connectivity index (χ1v) is 9.82. The van der Waals surface area contributed by atoms with Crippen LogP contribution in [-0.2, 0) is 6.42 Å². The van der Waals surface area contributed by atoms with Crippen molar-refractivity contribution in [1.82, 2.24) is 15.0 Å². The number of rotatable bonds is 8. The van der Waals surface area contributed by atoms with Gasteiger partial charge in [-0.2, -0.15) is 4.98 Å². The fourth-order valence-corrected chi connectivity index (χ4v) is 2.95. The highest BCUT2D eigenvalue weighted by atomic mass is 16.5. The molecule has 0 aliphatic heterocycles. The van der Waals surface area contributed by atoms with Crippen molar-refractivity contribution in [3.63, 3.8) is 0 Å². The molecule has 0 atom stereocenters. The summed E-state index contributed by atoms with van der Waals surface area (Å²) in [5.74, 6) is 1.18. The van der Waals surface area contributed by atoms with Crippen LogP contribution in [-0.4, -0.2) is 34.0 Å². The van der Waals surface area contributed by atoms with Gasteiger partial charge >= 0.3 is 0 Å². The fraction of sp³-hybridized carbons (Fsp3) is 0.348. The van der Waals surface area contributed by atoms with Crippen molar-refractivity contribution in [1.29, 1.82) is 0 Å². The molecule has 2 aromatic carbocycles. The van der Waals surface area contributed by atoms with E-state index in [0.29, 0.717) is 30.2 Å². The Balaban J connectivity index is 1.67. The topological polar surface area (TPSA) is 59.2 Å². The van der Waals surface area contributed by atoms with E-state index in [-0.39, 0.29) is 5.91 Å². The Kier molecular flexibility index (Phi) is 6.58. The normalized spacial score (nSPS) is 10.8. The smallest absolute Gasteiger partial charge is 0.253 e. The van der Waals surface area contributed by atoms with Crippen LogP contribution in [0, 0.1) is 13.8 Å². The van der Waals surface area contributed by atoms with Gasteiger partial charge in [0.1, 0.15) is 0 Å². The van der Waals surface area contributed by atoms with E-state index in [0.717, 1.165) is 30.5 Å². The van der Waals surface area contributed by atoms with Gasteiger partial charge in [0.25, 0.3) is 5.91 Å². The molecular weight excluding hydrogens is 350 g/mol. The Bertz CT molecular complexity index is 898. The van der Waals surface area contributed by atoms with Crippen LogP contribution in [0.4, 0.5) is 0 Å². The molecule has 28 heavy (non-hydrogen) atoms. The van der Waals surface area contributed by atoms with Gasteiger partial charge in [-0.1, -0.05) is 66.0 Å². The second-order valence-electron chi connectivity index (χ2n) is 7.14. The number of unbranched alkanes of at least 4 members (excludes halogenated alkanes) is 1. The van der Waals surface area contributed by atoms with Gasteiger partial charge in [-0.3, -0.25) is 4.79 Å². The molecular formula is C23H27N3O2. The first-order chi connectivity index (χ1) is 13.6. The minimum Gasteiger partial charge on any atom is -0.339 e. The second-order valence-corrected chi connectivity index (χ2v) is 7.14. The summed E-state index contributed by atoms with van der Waals surface area (Å²) in [6.45, 7) is 7.47. The van der Waals surface area contributed by atoms with Gasteiger partial charge in [-0.05, 0) is 32.4 Å². The number of hydrogen-bond donors (Lipinski definition) is 0. The van der Waals surface area contributed by atoms with Crippen LogP contribution in [0.3, 0.4) is 0 Å². The van der Waals surface area contributed by atoms with Crippen molar-refractivity contribution >= 4 is 5.91 Å². The van der Waals surface area contributed by atoms with E-state index in [1.54, 1.807) is 0 Å². The van der Waals surface area contributed by atoms with Crippen LogP contribution in [0.5, 0.6) is 0 Å². The number of aromatic nitrogens is 2. The Labute approximate surface area is 166 Å². The summed E-state index contributed by atoms with van der Waals surface area (Å²) in [6.07, 6.45) is 2.55. The molecule has 3 aromatic rings. The van der Waals surface area contributed by atoms with Gasteiger partial charge < -0.3 is 9.42 Å². The summed E-state index contributed by atoms with van der Waals surface area (Å²) in [7, 11) is 0. The third-order valence-electron chi connectivity index (χ3n) is 4.74. The molecule has 1 heterocycles. The third-order valence-corrected chi connectivity index (χ3v) is 4.74. The maximum atomic E-state index is 12.9. The molecule has 5 heteroatoms. The van der Waals surface area contributed by atoms with Crippen LogP contribution < -0.4 is 0 Å². The fourth-order valence-electron chi connectivity index (χ4n) is 2.95. The first-order valence-electron chi connectivity index (χ1n) is 9.82. The van der Waals surface area contributed by atoms with Crippen molar-refractivity contribution in [2.24, 2.45) is 0 Å². The zero-order valence-electron chi connectivity index (χ0n) is 16.8. The molecule has 0 N–H and O–H groups in total. The Hall–Kier alpha value is -2.95. The predicted octanol–water partition coefficient (Wildman–Crippen LogP) is 4.84. The quantitative estimate of drug-likeness (QED) is 0.564. The lowest BCUT2D eigenvalue weighted by Gasteiger charge is -2.22. The number of nitrogens with zero attached hydrogens (tertiary/aromatic N) is 3.